The van der Waals surface area contributed by atoms with E-state index in [1.807, 2.05) is 127 Å². The monoisotopic (exact) mass is 927 g/mol. The molecule has 332 valence electrons. The third-order valence-corrected chi connectivity index (χ3v) is 14.2. The van der Waals surface area contributed by atoms with Crippen LogP contribution in [0.15, 0.2) is 224 Å². The van der Waals surface area contributed by atoms with Crippen molar-refractivity contribution in [2.75, 3.05) is 0 Å². The maximum Gasteiger partial charge on any atom is 0.238 e. The Balaban J connectivity index is 1.04. The minimum absolute atomic E-state index is 0.521. The molecule has 0 bridgehead atoms. The number of hydrogen-bond acceptors (Lipinski definition) is 8. The lowest BCUT2D eigenvalue weighted by Crippen LogP contribution is -2.07. The van der Waals surface area contributed by atoms with Gasteiger partial charge < -0.3 is 0 Å². The standard InChI is InChI=1S/C61H37N9S/c1-6-19-38(20-7-1)55-63-56(39-21-8-2-9-22-39)66-60(65-55)69-50-32-17-16-29-45(50)46-31-18-30-44(52(46)69)43-33-36-51-48(37-43)47-34-35-49-54(71-59(62-49)42-27-14-5-15-28-42)53(47)70(51)61-67-57(40-23-10-3-11-24-40)64-58(68-61)41-25-12-4-13-26-41/h1-37H. The highest BCUT2D eigenvalue weighted by atomic mass is 32.1. The number of thiazole rings is 1. The van der Waals surface area contributed by atoms with Crippen LogP contribution in [0.3, 0.4) is 0 Å². The number of benzene rings is 9. The van der Waals surface area contributed by atoms with E-state index in [1.54, 1.807) is 11.3 Å². The van der Waals surface area contributed by atoms with Gasteiger partial charge in [-0.15, -0.1) is 11.3 Å². The second-order valence-electron chi connectivity index (χ2n) is 17.3. The molecule has 0 fully saturated rings. The molecular weight excluding hydrogens is 891 g/mol. The summed E-state index contributed by atoms with van der Waals surface area (Å²) in [5.41, 5.74) is 11.6. The first-order chi connectivity index (χ1) is 35.2. The van der Waals surface area contributed by atoms with Gasteiger partial charge in [-0.25, -0.2) is 15.0 Å². The fourth-order valence-corrected chi connectivity index (χ4v) is 10.9. The van der Waals surface area contributed by atoms with Crippen molar-refractivity contribution in [1.82, 2.24) is 44.0 Å². The van der Waals surface area contributed by atoms with Crippen LogP contribution in [0.1, 0.15) is 0 Å². The molecule has 0 aliphatic carbocycles. The first-order valence-electron chi connectivity index (χ1n) is 23.4. The van der Waals surface area contributed by atoms with E-state index in [2.05, 4.69) is 106 Å². The van der Waals surface area contributed by atoms with E-state index in [9.17, 15) is 0 Å². The van der Waals surface area contributed by atoms with Gasteiger partial charge in [0.2, 0.25) is 11.9 Å². The molecule has 14 aromatic rings. The van der Waals surface area contributed by atoms with Crippen LogP contribution in [0.25, 0.3) is 133 Å². The molecule has 0 radical (unpaired) electrons. The Bertz CT molecular complexity index is 4210. The number of rotatable bonds is 8. The summed E-state index contributed by atoms with van der Waals surface area (Å²) in [7, 11) is 0. The molecular formula is C61H37N9S. The van der Waals surface area contributed by atoms with E-state index < -0.39 is 0 Å². The van der Waals surface area contributed by atoms with Gasteiger partial charge in [0, 0.05) is 54.9 Å². The lowest BCUT2D eigenvalue weighted by molar-refractivity contribution is 0.953. The highest BCUT2D eigenvalue weighted by Crippen LogP contribution is 2.44. The van der Waals surface area contributed by atoms with Crippen LogP contribution in [0, 0.1) is 0 Å². The molecule has 0 aliphatic heterocycles. The molecule has 0 aliphatic rings. The van der Waals surface area contributed by atoms with Gasteiger partial charge in [0.05, 0.1) is 32.3 Å². The fraction of sp³-hybridized carbons (Fsp3) is 0. The summed E-state index contributed by atoms with van der Waals surface area (Å²) >= 11 is 1.68. The number of aromatic nitrogens is 9. The zero-order chi connectivity index (χ0) is 46.8. The van der Waals surface area contributed by atoms with Gasteiger partial charge >= 0.3 is 0 Å². The second kappa shape index (κ2) is 16.6. The summed E-state index contributed by atoms with van der Waals surface area (Å²) < 4.78 is 5.46. The molecule has 0 amide bonds. The average molecular weight is 928 g/mol. The molecule has 0 saturated carbocycles. The highest BCUT2D eigenvalue weighted by molar-refractivity contribution is 7.22. The van der Waals surface area contributed by atoms with Crippen LogP contribution in [0.2, 0.25) is 0 Å². The Morgan fingerprint density at radius 1 is 0.296 bits per heavy atom. The van der Waals surface area contributed by atoms with E-state index in [-0.39, 0.29) is 0 Å². The fourth-order valence-electron chi connectivity index (χ4n) is 9.82. The Kier molecular flexibility index (Phi) is 9.49. The summed E-state index contributed by atoms with van der Waals surface area (Å²) in [6, 6.07) is 77.0. The highest BCUT2D eigenvalue weighted by Gasteiger charge is 2.24. The number of hydrogen-bond donors (Lipinski definition) is 0. The predicted octanol–water partition coefficient (Wildman–Crippen LogP) is 14.9. The number of para-hydroxylation sites is 2. The minimum atomic E-state index is 0.521. The van der Waals surface area contributed by atoms with Crippen LogP contribution in [0.5, 0.6) is 0 Å². The third kappa shape index (κ3) is 6.88. The van der Waals surface area contributed by atoms with Crippen LogP contribution >= 0.6 is 11.3 Å². The molecule has 10 heteroatoms. The first-order valence-corrected chi connectivity index (χ1v) is 24.2. The van der Waals surface area contributed by atoms with E-state index >= 15 is 0 Å². The van der Waals surface area contributed by atoms with Gasteiger partial charge in [-0.1, -0.05) is 194 Å². The van der Waals surface area contributed by atoms with Crippen LogP contribution < -0.4 is 0 Å². The summed E-state index contributed by atoms with van der Waals surface area (Å²) in [4.78, 5) is 36.4. The van der Waals surface area contributed by atoms with Crippen molar-refractivity contribution >= 4 is 65.2 Å². The van der Waals surface area contributed by atoms with E-state index in [4.69, 9.17) is 34.9 Å². The van der Waals surface area contributed by atoms with Crippen molar-refractivity contribution in [2.45, 2.75) is 0 Å². The molecule has 0 atom stereocenters. The van der Waals surface area contributed by atoms with Gasteiger partial charge in [0.25, 0.3) is 0 Å². The Morgan fingerprint density at radius 2 is 0.746 bits per heavy atom. The molecule has 5 aromatic heterocycles. The SMILES string of the molecule is c1ccc(-c2nc(-c3ccccc3)nc(-n3c4ccccc4c4cccc(-c5ccc6c(c5)c5ccc7nc(-c8ccccc8)sc7c5n6-c5nc(-c6ccccc6)nc(-c6ccccc6)n5)c43)n2)cc1. The molecule has 14 rings (SSSR count). The molecule has 0 spiro atoms. The Labute approximate surface area is 410 Å². The second-order valence-corrected chi connectivity index (χ2v) is 18.3. The van der Waals surface area contributed by atoms with Gasteiger partial charge in [0.15, 0.2) is 23.3 Å². The topological polar surface area (TPSA) is 100 Å². The van der Waals surface area contributed by atoms with Crippen molar-refractivity contribution in [3.8, 4) is 79.1 Å². The average Bonchev–Trinajstić information content (AvgIpc) is 4.15. The smallest absolute Gasteiger partial charge is 0.238 e. The van der Waals surface area contributed by atoms with Crippen LogP contribution in [-0.2, 0) is 0 Å². The lowest BCUT2D eigenvalue weighted by Gasteiger charge is -2.13. The van der Waals surface area contributed by atoms with Gasteiger partial charge in [-0.2, -0.15) is 19.9 Å². The minimum Gasteiger partial charge on any atom is -0.277 e. The van der Waals surface area contributed by atoms with E-state index in [0.29, 0.717) is 35.2 Å². The van der Waals surface area contributed by atoms with Crippen LogP contribution in [0.4, 0.5) is 0 Å². The normalized spacial score (nSPS) is 11.7. The van der Waals surface area contributed by atoms with Crippen molar-refractivity contribution in [2.24, 2.45) is 0 Å². The third-order valence-electron chi connectivity index (χ3n) is 13.1. The van der Waals surface area contributed by atoms with E-state index in [1.165, 1.54) is 0 Å². The summed E-state index contributed by atoms with van der Waals surface area (Å²) in [5, 5.41) is 5.25. The Morgan fingerprint density at radius 3 is 1.30 bits per heavy atom. The molecule has 0 saturated heterocycles. The molecule has 71 heavy (non-hydrogen) atoms. The maximum absolute atomic E-state index is 5.30. The lowest BCUT2D eigenvalue weighted by atomic mass is 10.00. The maximum atomic E-state index is 5.30. The van der Waals surface area contributed by atoms with Crippen molar-refractivity contribution in [3.63, 3.8) is 0 Å². The van der Waals surface area contributed by atoms with Gasteiger partial charge in [-0.05, 0) is 35.9 Å². The molecule has 0 N–H and O–H groups in total. The summed E-state index contributed by atoms with van der Waals surface area (Å²) in [6.45, 7) is 0. The molecule has 9 aromatic carbocycles. The number of fused-ring (bicyclic) bond motifs is 8. The molecule has 0 unspecified atom stereocenters. The van der Waals surface area contributed by atoms with Crippen LogP contribution in [-0.4, -0.2) is 44.0 Å². The van der Waals surface area contributed by atoms with Gasteiger partial charge in [-0.3, -0.25) is 9.13 Å². The largest absolute Gasteiger partial charge is 0.277 e. The first kappa shape index (κ1) is 40.5. The number of nitrogens with zero attached hydrogens (tertiary/aromatic N) is 9. The Hall–Kier alpha value is -9.51. The van der Waals surface area contributed by atoms with Crippen molar-refractivity contribution < 1.29 is 0 Å². The van der Waals surface area contributed by atoms with Crippen molar-refractivity contribution in [1.29, 1.82) is 0 Å². The van der Waals surface area contributed by atoms with E-state index in [0.717, 1.165) is 97.8 Å². The summed E-state index contributed by atoms with van der Waals surface area (Å²) in [6.07, 6.45) is 0. The zero-order valence-corrected chi connectivity index (χ0v) is 38.6. The molecule has 5 heterocycles. The zero-order valence-electron chi connectivity index (χ0n) is 37.8. The quantitative estimate of drug-likeness (QED) is 0.150. The van der Waals surface area contributed by atoms with Crippen molar-refractivity contribution in [3.05, 3.63) is 224 Å². The predicted molar refractivity (Wildman–Crippen MR) is 288 cm³/mol. The molecule has 9 nitrogen and oxygen atoms in total. The summed E-state index contributed by atoms with van der Waals surface area (Å²) in [5.74, 6) is 3.43. The van der Waals surface area contributed by atoms with Gasteiger partial charge in [0.1, 0.15) is 5.01 Å².